The van der Waals surface area contributed by atoms with Gasteiger partial charge in [-0.15, -0.1) is 0 Å². The zero-order chi connectivity index (χ0) is 12.0. The van der Waals surface area contributed by atoms with Crippen LogP contribution in [0, 0.1) is 0 Å². The minimum absolute atomic E-state index is 0.0872. The summed E-state index contributed by atoms with van der Waals surface area (Å²) in [5.41, 5.74) is 0. The highest BCUT2D eigenvalue weighted by Gasteiger charge is 2.04. The Morgan fingerprint density at radius 3 is 2.81 bits per heavy atom. The Morgan fingerprint density at radius 2 is 2.19 bits per heavy atom. The molecule has 0 saturated carbocycles. The largest absolute Gasteiger partial charge is 0.492 e. The van der Waals surface area contributed by atoms with E-state index in [-0.39, 0.29) is 12.3 Å². The number of rotatable bonds is 6. The lowest BCUT2D eigenvalue weighted by molar-refractivity contribution is 0.322. The fraction of sp³-hybridized carbons (Fsp3) is 0.400. The van der Waals surface area contributed by atoms with Gasteiger partial charge in [-0.2, -0.15) is 0 Å². The second-order valence-electron chi connectivity index (χ2n) is 3.10. The van der Waals surface area contributed by atoms with Gasteiger partial charge >= 0.3 is 0 Å². The molecule has 1 aromatic rings. The second kappa shape index (κ2) is 6.22. The van der Waals surface area contributed by atoms with E-state index >= 15 is 0 Å². The van der Waals surface area contributed by atoms with Crippen molar-refractivity contribution in [3.8, 4) is 5.75 Å². The lowest BCUT2D eigenvalue weighted by Gasteiger charge is -2.07. The molecule has 0 radical (unpaired) electrons. The van der Waals surface area contributed by atoms with E-state index in [1.807, 2.05) is 24.3 Å². The molecule has 1 N–H and O–H groups in total. The smallest absolute Gasteiger partial charge is 0.211 e. The molecule has 0 aliphatic rings. The van der Waals surface area contributed by atoms with Gasteiger partial charge in [0, 0.05) is 11.0 Å². The van der Waals surface area contributed by atoms with Crippen molar-refractivity contribution in [3.05, 3.63) is 28.7 Å². The predicted octanol–water partition coefficient (Wildman–Crippen LogP) is 1.77. The van der Waals surface area contributed by atoms with Gasteiger partial charge in [-0.05, 0) is 25.1 Å². The van der Waals surface area contributed by atoms with Crippen LogP contribution < -0.4 is 9.46 Å². The SMILES string of the molecule is CCS(=O)(=O)NCCOc1cccc(Br)c1. The number of hydrogen-bond donors (Lipinski definition) is 1. The number of ether oxygens (including phenoxy) is 1. The van der Waals surface area contributed by atoms with E-state index in [9.17, 15) is 8.42 Å². The summed E-state index contributed by atoms with van der Waals surface area (Å²) >= 11 is 3.32. The van der Waals surface area contributed by atoms with Crippen LogP contribution in [-0.2, 0) is 10.0 Å². The number of sulfonamides is 1. The van der Waals surface area contributed by atoms with Crippen molar-refractivity contribution in [1.29, 1.82) is 0 Å². The summed E-state index contributed by atoms with van der Waals surface area (Å²) in [6.45, 7) is 2.19. The first kappa shape index (κ1) is 13.5. The van der Waals surface area contributed by atoms with Crippen molar-refractivity contribution in [2.24, 2.45) is 0 Å². The van der Waals surface area contributed by atoms with Crippen molar-refractivity contribution >= 4 is 26.0 Å². The first-order valence-electron chi connectivity index (χ1n) is 4.89. The first-order chi connectivity index (χ1) is 7.53. The van der Waals surface area contributed by atoms with Crippen molar-refractivity contribution < 1.29 is 13.2 Å². The van der Waals surface area contributed by atoms with Crippen LogP contribution >= 0.6 is 15.9 Å². The van der Waals surface area contributed by atoms with Gasteiger partial charge in [0.15, 0.2) is 0 Å². The van der Waals surface area contributed by atoms with E-state index in [1.54, 1.807) is 6.92 Å². The third-order valence-electron chi connectivity index (χ3n) is 1.87. The predicted molar refractivity (Wildman–Crippen MR) is 67.1 cm³/mol. The Labute approximate surface area is 104 Å². The molecule has 0 unspecified atom stereocenters. The summed E-state index contributed by atoms with van der Waals surface area (Å²) in [5.74, 6) is 0.800. The Kier molecular flexibility index (Phi) is 5.24. The Hall–Kier alpha value is -0.590. The van der Waals surface area contributed by atoms with E-state index < -0.39 is 10.0 Å². The highest BCUT2D eigenvalue weighted by molar-refractivity contribution is 9.10. The summed E-state index contributed by atoms with van der Waals surface area (Å²) in [6, 6.07) is 7.40. The van der Waals surface area contributed by atoms with Crippen LogP contribution in [0.2, 0.25) is 0 Å². The number of halogens is 1. The summed E-state index contributed by atoms with van der Waals surface area (Å²) in [7, 11) is -3.12. The molecule has 0 aliphatic heterocycles. The van der Waals surface area contributed by atoms with Crippen LogP contribution in [0.5, 0.6) is 5.75 Å². The molecule has 0 bridgehead atoms. The molecular weight excluding hydrogens is 294 g/mol. The van der Waals surface area contributed by atoms with Crippen molar-refractivity contribution in [1.82, 2.24) is 4.72 Å². The minimum Gasteiger partial charge on any atom is -0.492 e. The highest BCUT2D eigenvalue weighted by atomic mass is 79.9. The van der Waals surface area contributed by atoms with E-state index in [1.165, 1.54) is 0 Å². The lowest BCUT2D eigenvalue weighted by atomic mass is 10.3. The van der Waals surface area contributed by atoms with Gasteiger partial charge in [-0.3, -0.25) is 0 Å². The van der Waals surface area contributed by atoms with Gasteiger partial charge in [-0.25, -0.2) is 13.1 Å². The molecule has 4 nitrogen and oxygen atoms in total. The molecule has 0 aliphatic carbocycles. The number of nitrogens with one attached hydrogen (secondary N) is 1. The molecule has 16 heavy (non-hydrogen) atoms. The maximum atomic E-state index is 11.1. The lowest BCUT2D eigenvalue weighted by Crippen LogP contribution is -2.29. The molecule has 0 atom stereocenters. The van der Waals surface area contributed by atoms with Crippen molar-refractivity contribution in [2.45, 2.75) is 6.92 Å². The normalized spacial score (nSPS) is 11.4. The Morgan fingerprint density at radius 1 is 1.44 bits per heavy atom. The second-order valence-corrected chi connectivity index (χ2v) is 6.11. The maximum Gasteiger partial charge on any atom is 0.211 e. The molecule has 0 saturated heterocycles. The van der Waals surface area contributed by atoms with Crippen LogP contribution in [0.3, 0.4) is 0 Å². The molecular formula is C10H14BrNO3S. The van der Waals surface area contributed by atoms with Crippen LogP contribution in [0.4, 0.5) is 0 Å². The van der Waals surface area contributed by atoms with Gasteiger partial charge in [-0.1, -0.05) is 22.0 Å². The molecule has 90 valence electrons. The molecule has 0 spiro atoms. The summed E-state index contributed by atoms with van der Waals surface area (Å²) in [6.07, 6.45) is 0. The van der Waals surface area contributed by atoms with Crippen LogP contribution in [0.25, 0.3) is 0 Å². The van der Waals surface area contributed by atoms with E-state index in [2.05, 4.69) is 20.7 Å². The fourth-order valence-electron chi connectivity index (χ4n) is 1.02. The fourth-order valence-corrected chi connectivity index (χ4v) is 2.00. The van der Waals surface area contributed by atoms with E-state index in [0.717, 1.165) is 4.47 Å². The molecule has 1 aromatic carbocycles. The average Bonchev–Trinajstić information content (AvgIpc) is 2.25. The molecule has 0 heterocycles. The minimum atomic E-state index is -3.12. The van der Waals surface area contributed by atoms with Gasteiger partial charge in [0.05, 0.1) is 5.75 Å². The summed E-state index contributed by atoms with van der Waals surface area (Å²) < 4.78 is 30.9. The quantitative estimate of drug-likeness (QED) is 0.815. The molecule has 0 amide bonds. The van der Waals surface area contributed by atoms with Gasteiger partial charge < -0.3 is 4.74 Å². The molecule has 1 rings (SSSR count). The third kappa shape index (κ3) is 4.96. The monoisotopic (exact) mass is 307 g/mol. The van der Waals surface area contributed by atoms with Gasteiger partial charge in [0.1, 0.15) is 12.4 Å². The zero-order valence-corrected chi connectivity index (χ0v) is 11.3. The Balaban J connectivity index is 2.32. The van der Waals surface area contributed by atoms with Crippen LogP contribution in [-0.4, -0.2) is 27.3 Å². The van der Waals surface area contributed by atoms with E-state index in [4.69, 9.17) is 4.74 Å². The number of hydrogen-bond acceptors (Lipinski definition) is 3. The van der Waals surface area contributed by atoms with Crippen molar-refractivity contribution in [2.75, 3.05) is 18.9 Å². The zero-order valence-electron chi connectivity index (χ0n) is 8.94. The van der Waals surface area contributed by atoms with Gasteiger partial charge in [0.25, 0.3) is 0 Å². The topological polar surface area (TPSA) is 55.4 Å². The molecule has 6 heteroatoms. The maximum absolute atomic E-state index is 11.1. The summed E-state index contributed by atoms with van der Waals surface area (Å²) in [4.78, 5) is 0. The molecule has 0 aromatic heterocycles. The summed E-state index contributed by atoms with van der Waals surface area (Å²) in [5, 5.41) is 0. The first-order valence-corrected chi connectivity index (χ1v) is 7.34. The third-order valence-corrected chi connectivity index (χ3v) is 3.77. The van der Waals surface area contributed by atoms with E-state index in [0.29, 0.717) is 12.4 Å². The Bertz CT molecular complexity index is 433. The highest BCUT2D eigenvalue weighted by Crippen LogP contribution is 2.17. The molecule has 0 fully saturated rings. The van der Waals surface area contributed by atoms with Crippen molar-refractivity contribution in [3.63, 3.8) is 0 Å². The average molecular weight is 308 g/mol. The van der Waals surface area contributed by atoms with Crippen LogP contribution in [0.15, 0.2) is 28.7 Å². The standard InChI is InChI=1S/C10H14BrNO3S/c1-2-16(13,14)12-6-7-15-10-5-3-4-9(11)8-10/h3-5,8,12H,2,6-7H2,1H3. The number of benzene rings is 1. The van der Waals surface area contributed by atoms with Gasteiger partial charge in [0.2, 0.25) is 10.0 Å². The van der Waals surface area contributed by atoms with Crippen LogP contribution in [0.1, 0.15) is 6.92 Å².